The lowest BCUT2D eigenvalue weighted by Crippen LogP contribution is -2.20. The van der Waals surface area contributed by atoms with Gasteiger partial charge in [-0.25, -0.2) is 4.39 Å². The molecule has 1 aliphatic carbocycles. The molecule has 1 aromatic heterocycles. The van der Waals surface area contributed by atoms with Crippen LogP contribution in [0.5, 0.6) is 0 Å². The number of ketones is 2. The van der Waals surface area contributed by atoms with Crippen molar-refractivity contribution in [2.24, 2.45) is 0 Å². The Balaban J connectivity index is 1.74. The summed E-state index contributed by atoms with van der Waals surface area (Å²) in [5.74, 6) is -0.783. The van der Waals surface area contributed by atoms with Crippen molar-refractivity contribution in [3.63, 3.8) is 0 Å². The first-order valence-electron chi connectivity index (χ1n) is 8.25. The summed E-state index contributed by atoms with van der Waals surface area (Å²) in [4.78, 5) is 28.8. The summed E-state index contributed by atoms with van der Waals surface area (Å²) in [5, 5.41) is 2.90. The Bertz CT molecular complexity index is 844. The van der Waals surface area contributed by atoms with Crippen molar-refractivity contribution in [1.29, 1.82) is 0 Å². The van der Waals surface area contributed by atoms with Crippen LogP contribution in [0.25, 0.3) is 6.08 Å². The number of rotatable bonds is 6. The van der Waals surface area contributed by atoms with E-state index in [9.17, 15) is 14.0 Å². The highest BCUT2D eigenvalue weighted by Crippen LogP contribution is 2.30. The number of hydrogen-bond donors (Lipinski definition) is 1. The van der Waals surface area contributed by atoms with E-state index in [0.717, 1.165) is 17.5 Å². The van der Waals surface area contributed by atoms with Gasteiger partial charge in [0.2, 0.25) is 0 Å². The zero-order valence-electron chi connectivity index (χ0n) is 14.0. The van der Waals surface area contributed by atoms with E-state index in [-0.39, 0.29) is 30.0 Å². The number of pyridine rings is 1. The van der Waals surface area contributed by atoms with E-state index in [1.807, 2.05) is 12.1 Å². The van der Waals surface area contributed by atoms with Gasteiger partial charge in [-0.3, -0.25) is 14.6 Å². The third-order valence-corrected chi connectivity index (χ3v) is 4.35. The number of Topliss-reactive ketones (excluding diaryl/α,β-unsaturated/α-hetero) is 2. The SMILES string of the molecule is CNc1cc(F)cc2c1CC(=O)C(C(=O)CCCc1cccnc1)=C2. The molecule has 128 valence electrons. The summed E-state index contributed by atoms with van der Waals surface area (Å²) >= 11 is 0. The van der Waals surface area contributed by atoms with Crippen LogP contribution in [0.4, 0.5) is 10.1 Å². The number of nitrogens with one attached hydrogen (secondary N) is 1. The third kappa shape index (κ3) is 3.82. The van der Waals surface area contributed by atoms with Gasteiger partial charge in [-0.2, -0.15) is 0 Å². The molecule has 0 saturated heterocycles. The van der Waals surface area contributed by atoms with Gasteiger partial charge in [0.1, 0.15) is 5.82 Å². The molecule has 25 heavy (non-hydrogen) atoms. The van der Waals surface area contributed by atoms with Crippen LogP contribution in [0.3, 0.4) is 0 Å². The average molecular weight is 338 g/mol. The van der Waals surface area contributed by atoms with Gasteiger partial charge in [-0.1, -0.05) is 6.07 Å². The molecule has 5 heteroatoms. The highest BCUT2D eigenvalue weighted by atomic mass is 19.1. The van der Waals surface area contributed by atoms with Crippen molar-refractivity contribution < 1.29 is 14.0 Å². The van der Waals surface area contributed by atoms with Gasteiger partial charge in [0, 0.05) is 38.0 Å². The van der Waals surface area contributed by atoms with Crippen molar-refractivity contribution in [1.82, 2.24) is 4.98 Å². The first kappa shape index (κ1) is 17.0. The minimum atomic E-state index is -0.392. The highest BCUT2D eigenvalue weighted by molar-refractivity contribution is 6.25. The first-order chi connectivity index (χ1) is 12.1. The van der Waals surface area contributed by atoms with E-state index < -0.39 is 5.82 Å². The molecule has 0 saturated carbocycles. The van der Waals surface area contributed by atoms with E-state index in [1.54, 1.807) is 19.4 Å². The number of hydrogen-bond acceptors (Lipinski definition) is 4. The Morgan fingerprint density at radius 3 is 2.92 bits per heavy atom. The smallest absolute Gasteiger partial charge is 0.170 e. The second kappa shape index (κ2) is 7.38. The molecule has 1 heterocycles. The Labute approximate surface area is 145 Å². The Morgan fingerprint density at radius 2 is 2.20 bits per heavy atom. The van der Waals surface area contributed by atoms with Gasteiger partial charge in [-0.05, 0) is 53.8 Å². The van der Waals surface area contributed by atoms with Gasteiger partial charge in [0.25, 0.3) is 0 Å². The van der Waals surface area contributed by atoms with Crippen molar-refractivity contribution in [3.8, 4) is 0 Å². The van der Waals surface area contributed by atoms with E-state index in [4.69, 9.17) is 0 Å². The highest BCUT2D eigenvalue weighted by Gasteiger charge is 2.25. The lowest BCUT2D eigenvalue weighted by atomic mass is 9.87. The summed E-state index contributed by atoms with van der Waals surface area (Å²) in [5.41, 5.74) is 3.15. The topological polar surface area (TPSA) is 59.1 Å². The number of fused-ring (bicyclic) bond motifs is 1. The van der Waals surface area contributed by atoms with E-state index in [2.05, 4.69) is 10.3 Å². The van der Waals surface area contributed by atoms with Crippen LogP contribution in [-0.2, 0) is 22.4 Å². The second-order valence-corrected chi connectivity index (χ2v) is 6.07. The predicted molar refractivity (Wildman–Crippen MR) is 94.8 cm³/mol. The Kier molecular flexibility index (Phi) is 5.03. The molecule has 0 atom stereocenters. The molecule has 3 rings (SSSR count). The molecule has 0 aliphatic heterocycles. The molecular weight excluding hydrogens is 319 g/mol. The summed E-state index contributed by atoms with van der Waals surface area (Å²) in [6, 6.07) is 6.54. The Hall–Kier alpha value is -2.82. The van der Waals surface area contributed by atoms with Gasteiger partial charge in [0.15, 0.2) is 11.6 Å². The molecular formula is C20H19FN2O2. The number of anilines is 1. The van der Waals surface area contributed by atoms with Gasteiger partial charge in [-0.15, -0.1) is 0 Å². The van der Waals surface area contributed by atoms with Gasteiger partial charge in [0.05, 0.1) is 5.57 Å². The van der Waals surface area contributed by atoms with Gasteiger partial charge < -0.3 is 5.32 Å². The molecule has 4 nitrogen and oxygen atoms in total. The summed E-state index contributed by atoms with van der Waals surface area (Å²) in [6.45, 7) is 0. The minimum Gasteiger partial charge on any atom is -0.388 e. The summed E-state index contributed by atoms with van der Waals surface area (Å²) in [7, 11) is 1.68. The molecule has 0 amide bonds. The fourth-order valence-electron chi connectivity index (χ4n) is 3.07. The number of allylic oxidation sites excluding steroid dienone is 1. The van der Waals surface area contributed by atoms with Crippen molar-refractivity contribution >= 4 is 23.3 Å². The zero-order chi connectivity index (χ0) is 17.8. The van der Waals surface area contributed by atoms with Crippen molar-refractivity contribution in [2.45, 2.75) is 25.7 Å². The maximum Gasteiger partial charge on any atom is 0.170 e. The summed E-state index contributed by atoms with van der Waals surface area (Å²) < 4.78 is 13.7. The number of carbonyl (C=O) groups excluding carboxylic acids is 2. The number of aromatic nitrogens is 1. The maximum absolute atomic E-state index is 13.7. The predicted octanol–water partition coefficient (Wildman–Crippen LogP) is 3.36. The van der Waals surface area contributed by atoms with Crippen LogP contribution in [0.15, 0.2) is 42.2 Å². The molecule has 0 unspecified atom stereocenters. The quantitative estimate of drug-likeness (QED) is 0.821. The zero-order valence-corrected chi connectivity index (χ0v) is 14.0. The van der Waals surface area contributed by atoms with Crippen molar-refractivity contribution in [2.75, 3.05) is 12.4 Å². The van der Waals surface area contributed by atoms with E-state index in [0.29, 0.717) is 17.7 Å². The lowest BCUT2D eigenvalue weighted by molar-refractivity contribution is -0.121. The molecule has 1 N–H and O–H groups in total. The minimum absolute atomic E-state index is 0.117. The average Bonchev–Trinajstić information content (AvgIpc) is 2.61. The van der Waals surface area contributed by atoms with Crippen LogP contribution in [0, 0.1) is 5.82 Å². The standard InChI is InChI=1S/C20H19FN2O2/c1-22-18-10-15(21)8-14-9-17(20(25)11-16(14)18)19(24)6-2-4-13-5-3-7-23-12-13/h3,5,7-10,12,22H,2,4,6,11H2,1H3. The molecule has 2 aromatic rings. The van der Waals surface area contributed by atoms with E-state index in [1.165, 1.54) is 18.2 Å². The third-order valence-electron chi connectivity index (χ3n) is 4.35. The van der Waals surface area contributed by atoms with E-state index >= 15 is 0 Å². The second-order valence-electron chi connectivity index (χ2n) is 6.07. The molecule has 1 aromatic carbocycles. The molecule has 1 aliphatic rings. The maximum atomic E-state index is 13.7. The molecule has 0 radical (unpaired) electrons. The largest absolute Gasteiger partial charge is 0.388 e. The number of nitrogens with zero attached hydrogens (tertiary/aromatic N) is 1. The number of benzene rings is 1. The van der Waals surface area contributed by atoms with Crippen LogP contribution in [0.1, 0.15) is 29.5 Å². The fourth-order valence-corrected chi connectivity index (χ4v) is 3.07. The van der Waals surface area contributed by atoms with Crippen molar-refractivity contribution in [3.05, 3.63) is 64.7 Å². The Morgan fingerprint density at radius 1 is 1.36 bits per heavy atom. The van der Waals surface area contributed by atoms with Gasteiger partial charge >= 0.3 is 0 Å². The monoisotopic (exact) mass is 338 g/mol. The normalized spacial score (nSPS) is 13.2. The lowest BCUT2D eigenvalue weighted by Gasteiger charge is -2.18. The van der Waals surface area contributed by atoms with Crippen LogP contribution in [-0.4, -0.2) is 23.6 Å². The number of aryl methyl sites for hydroxylation is 1. The molecule has 0 fully saturated rings. The fraction of sp³-hybridized carbons (Fsp3) is 0.250. The summed E-state index contributed by atoms with van der Waals surface area (Å²) in [6.07, 6.45) is 6.78. The van der Waals surface area contributed by atoms with Crippen LogP contribution < -0.4 is 5.32 Å². The molecule has 0 bridgehead atoms. The van der Waals surface area contributed by atoms with Crippen LogP contribution >= 0.6 is 0 Å². The van der Waals surface area contributed by atoms with Crippen LogP contribution in [0.2, 0.25) is 0 Å². The number of halogens is 1. The first-order valence-corrected chi connectivity index (χ1v) is 8.25. The molecule has 0 spiro atoms. The number of carbonyl (C=O) groups is 2.